The van der Waals surface area contributed by atoms with E-state index in [1.54, 1.807) is 18.3 Å². The van der Waals surface area contributed by atoms with Gasteiger partial charge in [0.05, 0.1) is 6.61 Å². The zero-order valence-corrected chi connectivity index (χ0v) is 15.2. The van der Waals surface area contributed by atoms with Crippen LogP contribution in [0.5, 0.6) is 0 Å². The minimum atomic E-state index is -0.501. The number of ether oxygens (including phenoxy) is 1. The molecule has 0 radical (unpaired) electrons. The maximum Gasteiger partial charge on any atom is 0.283 e. The number of aryl methyl sites for hydroxylation is 2. The molecule has 0 bridgehead atoms. The van der Waals surface area contributed by atoms with E-state index in [1.165, 1.54) is 4.57 Å². The Morgan fingerprint density at radius 3 is 2.78 bits per heavy atom. The molecule has 7 nitrogen and oxygen atoms in total. The van der Waals surface area contributed by atoms with Crippen molar-refractivity contribution in [2.24, 2.45) is 0 Å². The lowest BCUT2D eigenvalue weighted by Crippen LogP contribution is -2.36. The minimum Gasteiger partial charge on any atom is -0.380 e. The number of carbonyl (C=O) groups excluding carboxylic acids is 1. The van der Waals surface area contributed by atoms with Crippen molar-refractivity contribution in [2.75, 3.05) is 19.8 Å². The maximum absolute atomic E-state index is 12.9. The van der Waals surface area contributed by atoms with Crippen molar-refractivity contribution < 1.29 is 9.53 Å². The number of fused-ring (bicyclic) bond motifs is 1. The fraction of sp³-hybridized carbons (Fsp3) is 0.300. The number of aromatic nitrogens is 3. The van der Waals surface area contributed by atoms with Gasteiger partial charge in [-0.25, -0.2) is 9.97 Å². The molecular formula is C20H22N4O3. The Hall–Kier alpha value is -3.06. The van der Waals surface area contributed by atoms with Crippen molar-refractivity contribution in [1.82, 2.24) is 19.9 Å². The summed E-state index contributed by atoms with van der Waals surface area (Å²) in [7, 11) is 0. The van der Waals surface area contributed by atoms with Gasteiger partial charge in [-0.05, 0) is 31.0 Å². The lowest BCUT2D eigenvalue weighted by Gasteiger charge is -2.11. The van der Waals surface area contributed by atoms with E-state index in [0.717, 1.165) is 5.56 Å². The van der Waals surface area contributed by atoms with E-state index < -0.39 is 11.5 Å². The van der Waals surface area contributed by atoms with E-state index in [0.29, 0.717) is 43.9 Å². The van der Waals surface area contributed by atoms with Crippen molar-refractivity contribution in [2.45, 2.75) is 19.9 Å². The summed E-state index contributed by atoms with van der Waals surface area (Å²) < 4.78 is 6.72. The lowest BCUT2D eigenvalue weighted by atomic mass is 10.1. The number of nitrogens with one attached hydrogen (secondary N) is 1. The molecule has 27 heavy (non-hydrogen) atoms. The summed E-state index contributed by atoms with van der Waals surface area (Å²) in [4.78, 5) is 33.9. The fourth-order valence-electron chi connectivity index (χ4n) is 2.78. The number of amides is 1. The fourth-order valence-corrected chi connectivity index (χ4v) is 2.78. The average molecular weight is 366 g/mol. The van der Waals surface area contributed by atoms with E-state index in [4.69, 9.17) is 4.74 Å². The number of pyridine rings is 1. The monoisotopic (exact) mass is 366 g/mol. The van der Waals surface area contributed by atoms with Gasteiger partial charge in [-0.3, -0.25) is 14.2 Å². The standard InChI is InChI=1S/C20H22N4O3/c1-2-27-14-12-22-19(25)17-20(26)24(13-10-15-7-4-3-5-8-15)18-16(23-17)9-6-11-21-18/h3-9,11H,2,10,12-14H2,1H3,(H,22,25). The second-order valence-corrected chi connectivity index (χ2v) is 5.95. The molecule has 3 rings (SSSR count). The number of hydrogen-bond acceptors (Lipinski definition) is 5. The molecule has 1 N–H and O–H groups in total. The van der Waals surface area contributed by atoms with E-state index >= 15 is 0 Å². The maximum atomic E-state index is 12.9. The highest BCUT2D eigenvalue weighted by atomic mass is 16.5. The quantitative estimate of drug-likeness (QED) is 0.615. The first-order valence-corrected chi connectivity index (χ1v) is 8.96. The number of benzene rings is 1. The highest BCUT2D eigenvalue weighted by molar-refractivity contribution is 5.93. The van der Waals surface area contributed by atoms with Gasteiger partial charge in [0.15, 0.2) is 11.3 Å². The molecule has 0 atom stereocenters. The molecule has 0 aliphatic heterocycles. The summed E-state index contributed by atoms with van der Waals surface area (Å²) in [5.41, 5.74) is 1.53. The van der Waals surface area contributed by atoms with Gasteiger partial charge in [0.2, 0.25) is 0 Å². The van der Waals surface area contributed by atoms with E-state index in [9.17, 15) is 9.59 Å². The zero-order valence-electron chi connectivity index (χ0n) is 15.2. The van der Waals surface area contributed by atoms with Crippen LogP contribution in [0.4, 0.5) is 0 Å². The third-order valence-electron chi connectivity index (χ3n) is 4.12. The van der Waals surface area contributed by atoms with Crippen LogP contribution < -0.4 is 10.9 Å². The lowest BCUT2D eigenvalue weighted by molar-refractivity contribution is 0.0916. The Balaban J connectivity index is 1.90. The van der Waals surface area contributed by atoms with Crippen LogP contribution in [0.3, 0.4) is 0 Å². The van der Waals surface area contributed by atoms with Gasteiger partial charge in [-0.2, -0.15) is 0 Å². The van der Waals surface area contributed by atoms with Gasteiger partial charge in [0.1, 0.15) is 5.52 Å². The van der Waals surface area contributed by atoms with Crippen molar-refractivity contribution >= 4 is 17.1 Å². The number of carbonyl (C=O) groups is 1. The molecule has 3 aromatic rings. The smallest absolute Gasteiger partial charge is 0.283 e. The van der Waals surface area contributed by atoms with E-state index in [1.807, 2.05) is 37.3 Å². The van der Waals surface area contributed by atoms with Crippen LogP contribution in [0.25, 0.3) is 11.2 Å². The Bertz CT molecular complexity index is 970. The number of nitrogens with zero attached hydrogens (tertiary/aromatic N) is 3. The molecule has 0 fully saturated rings. The molecule has 0 spiro atoms. The molecule has 0 saturated heterocycles. The minimum absolute atomic E-state index is 0.125. The Morgan fingerprint density at radius 1 is 1.19 bits per heavy atom. The first-order valence-electron chi connectivity index (χ1n) is 8.96. The first-order chi connectivity index (χ1) is 13.2. The molecule has 0 aliphatic rings. The van der Waals surface area contributed by atoms with E-state index in [2.05, 4.69) is 15.3 Å². The summed E-state index contributed by atoms with van der Waals surface area (Å²) in [6.45, 7) is 3.58. The van der Waals surface area contributed by atoms with Crippen molar-refractivity contribution in [3.05, 3.63) is 70.3 Å². The Kier molecular flexibility index (Phi) is 6.27. The molecule has 0 saturated carbocycles. The van der Waals surface area contributed by atoms with Crippen LogP contribution in [0.1, 0.15) is 23.0 Å². The summed E-state index contributed by atoms with van der Waals surface area (Å²) in [5.74, 6) is -0.501. The van der Waals surface area contributed by atoms with Crippen LogP contribution in [0.15, 0.2) is 53.5 Å². The molecule has 0 unspecified atom stereocenters. The van der Waals surface area contributed by atoms with Gasteiger partial charge in [-0.1, -0.05) is 30.3 Å². The van der Waals surface area contributed by atoms with Crippen molar-refractivity contribution in [3.63, 3.8) is 0 Å². The van der Waals surface area contributed by atoms with Crippen LogP contribution >= 0.6 is 0 Å². The van der Waals surface area contributed by atoms with Crippen LogP contribution in [-0.2, 0) is 17.7 Å². The molecular weight excluding hydrogens is 344 g/mol. The Labute approximate surface area is 157 Å². The molecule has 2 aromatic heterocycles. The van der Waals surface area contributed by atoms with Gasteiger partial charge in [0.25, 0.3) is 11.5 Å². The van der Waals surface area contributed by atoms with Gasteiger partial charge < -0.3 is 10.1 Å². The summed E-state index contributed by atoms with van der Waals surface area (Å²) in [5, 5.41) is 2.68. The van der Waals surface area contributed by atoms with Gasteiger partial charge in [0, 0.05) is 25.9 Å². The highest BCUT2D eigenvalue weighted by Crippen LogP contribution is 2.09. The van der Waals surface area contributed by atoms with Crippen LogP contribution in [0, 0.1) is 0 Å². The third-order valence-corrected chi connectivity index (χ3v) is 4.12. The van der Waals surface area contributed by atoms with Gasteiger partial charge in [-0.15, -0.1) is 0 Å². The summed E-state index contributed by atoms with van der Waals surface area (Å²) >= 11 is 0. The second-order valence-electron chi connectivity index (χ2n) is 5.95. The van der Waals surface area contributed by atoms with Gasteiger partial charge >= 0.3 is 0 Å². The largest absolute Gasteiger partial charge is 0.380 e. The molecule has 2 heterocycles. The molecule has 1 aromatic carbocycles. The van der Waals surface area contributed by atoms with Crippen LogP contribution in [0.2, 0.25) is 0 Å². The number of rotatable bonds is 8. The predicted octanol–water partition coefficient (Wildman–Crippen LogP) is 1.80. The molecule has 0 aliphatic carbocycles. The molecule has 140 valence electrons. The second kappa shape index (κ2) is 9.05. The summed E-state index contributed by atoms with van der Waals surface area (Å²) in [6.07, 6.45) is 2.27. The third kappa shape index (κ3) is 4.57. The predicted molar refractivity (Wildman–Crippen MR) is 103 cm³/mol. The van der Waals surface area contributed by atoms with Crippen LogP contribution in [-0.4, -0.2) is 40.2 Å². The van der Waals surface area contributed by atoms with Crippen molar-refractivity contribution in [1.29, 1.82) is 0 Å². The number of hydrogen-bond donors (Lipinski definition) is 1. The first kappa shape index (κ1) is 18.7. The SMILES string of the molecule is CCOCCNC(=O)c1nc2cccnc2n(CCc2ccccc2)c1=O. The van der Waals surface area contributed by atoms with Crippen molar-refractivity contribution in [3.8, 4) is 0 Å². The average Bonchev–Trinajstić information content (AvgIpc) is 2.71. The topological polar surface area (TPSA) is 86.1 Å². The molecule has 1 amide bonds. The zero-order chi connectivity index (χ0) is 19.1. The highest BCUT2D eigenvalue weighted by Gasteiger charge is 2.17. The summed E-state index contributed by atoms with van der Waals surface area (Å²) in [6, 6.07) is 13.3. The Morgan fingerprint density at radius 2 is 2.00 bits per heavy atom. The normalized spacial score (nSPS) is 10.9. The molecule has 7 heteroatoms. The van der Waals surface area contributed by atoms with E-state index in [-0.39, 0.29) is 5.69 Å².